The maximum atomic E-state index is 8.92. The Morgan fingerprint density at radius 2 is 2.29 bits per heavy atom. The van der Waals surface area contributed by atoms with E-state index in [1.54, 1.807) is 6.92 Å². The van der Waals surface area contributed by atoms with E-state index >= 15 is 0 Å². The first-order valence-corrected chi connectivity index (χ1v) is 4.54. The predicted octanol–water partition coefficient (Wildman–Crippen LogP) is 1.28. The number of aryl methyl sites for hydroxylation is 1. The molecule has 0 bridgehead atoms. The number of rotatable bonds is 3. The van der Waals surface area contributed by atoms with Gasteiger partial charge in [0.2, 0.25) is 0 Å². The van der Waals surface area contributed by atoms with E-state index in [0.717, 1.165) is 5.56 Å². The fraction of sp³-hybridized carbons (Fsp3) is 0.364. The summed E-state index contributed by atoms with van der Waals surface area (Å²) in [6, 6.07) is 10.2. The van der Waals surface area contributed by atoms with Crippen molar-refractivity contribution >= 4 is 0 Å². The van der Waals surface area contributed by atoms with E-state index in [1.807, 2.05) is 25.1 Å². The van der Waals surface area contributed by atoms with Crippen LogP contribution >= 0.6 is 0 Å². The summed E-state index contributed by atoms with van der Waals surface area (Å²) in [6.45, 7) is 3.82. The number of hydrogen-bond donors (Lipinski definition) is 2. The molecule has 3 N–H and O–H groups in total. The van der Waals surface area contributed by atoms with Crippen LogP contribution in [0.25, 0.3) is 0 Å². The van der Waals surface area contributed by atoms with Gasteiger partial charge in [-0.15, -0.1) is 0 Å². The van der Waals surface area contributed by atoms with E-state index in [-0.39, 0.29) is 0 Å². The van der Waals surface area contributed by atoms with E-state index < -0.39 is 5.54 Å². The Bertz CT molecular complexity index is 354. The minimum atomic E-state index is -0.687. The molecule has 0 aliphatic heterocycles. The van der Waals surface area contributed by atoms with Gasteiger partial charge in [-0.25, -0.2) is 5.43 Å². The molecule has 1 unspecified atom stereocenters. The van der Waals surface area contributed by atoms with Crippen molar-refractivity contribution < 1.29 is 0 Å². The third kappa shape index (κ3) is 2.56. The summed E-state index contributed by atoms with van der Waals surface area (Å²) < 4.78 is 0. The Morgan fingerprint density at radius 1 is 1.57 bits per heavy atom. The molecular formula is C11H15N3. The molecule has 1 aromatic carbocycles. The predicted molar refractivity (Wildman–Crippen MR) is 56.2 cm³/mol. The van der Waals surface area contributed by atoms with Crippen molar-refractivity contribution in [3.8, 4) is 6.07 Å². The molecular weight excluding hydrogens is 174 g/mol. The summed E-state index contributed by atoms with van der Waals surface area (Å²) in [5.41, 5.74) is 4.16. The maximum Gasteiger partial charge on any atom is 0.119 e. The van der Waals surface area contributed by atoms with Crippen molar-refractivity contribution in [3.63, 3.8) is 0 Å². The number of benzene rings is 1. The monoisotopic (exact) mass is 189 g/mol. The molecule has 74 valence electrons. The van der Waals surface area contributed by atoms with Gasteiger partial charge in [0.25, 0.3) is 0 Å². The van der Waals surface area contributed by atoms with E-state index in [2.05, 4.69) is 17.6 Å². The van der Waals surface area contributed by atoms with E-state index in [4.69, 9.17) is 11.1 Å². The minimum Gasteiger partial charge on any atom is -0.270 e. The topological polar surface area (TPSA) is 61.8 Å². The van der Waals surface area contributed by atoms with Gasteiger partial charge in [0.15, 0.2) is 0 Å². The number of nitriles is 1. The molecule has 1 aromatic rings. The summed E-state index contributed by atoms with van der Waals surface area (Å²) >= 11 is 0. The lowest BCUT2D eigenvalue weighted by molar-refractivity contribution is 0.458. The number of nitrogens with one attached hydrogen (secondary N) is 1. The molecule has 0 saturated carbocycles. The summed E-state index contributed by atoms with van der Waals surface area (Å²) in [6.07, 6.45) is 0.613. The van der Waals surface area contributed by atoms with Crippen LogP contribution in [0.4, 0.5) is 0 Å². The lowest BCUT2D eigenvalue weighted by Gasteiger charge is -2.20. The molecule has 0 aromatic heterocycles. The largest absolute Gasteiger partial charge is 0.270 e. The van der Waals surface area contributed by atoms with Crippen LogP contribution in [0.1, 0.15) is 18.1 Å². The van der Waals surface area contributed by atoms with Crippen LogP contribution in [0.2, 0.25) is 0 Å². The van der Waals surface area contributed by atoms with Gasteiger partial charge in [-0.05, 0) is 19.4 Å². The van der Waals surface area contributed by atoms with Crippen molar-refractivity contribution in [2.24, 2.45) is 5.84 Å². The Balaban J connectivity index is 2.84. The molecule has 0 heterocycles. The van der Waals surface area contributed by atoms with Gasteiger partial charge in [-0.1, -0.05) is 29.8 Å². The van der Waals surface area contributed by atoms with Gasteiger partial charge in [0.05, 0.1) is 6.07 Å². The van der Waals surface area contributed by atoms with Gasteiger partial charge in [0, 0.05) is 6.42 Å². The highest BCUT2D eigenvalue weighted by Crippen LogP contribution is 2.12. The first-order valence-electron chi connectivity index (χ1n) is 4.54. The molecule has 0 spiro atoms. The third-order valence-electron chi connectivity index (χ3n) is 2.21. The lowest BCUT2D eigenvalue weighted by atomic mass is 9.94. The number of nitrogens with two attached hydrogens (primary N) is 1. The third-order valence-corrected chi connectivity index (χ3v) is 2.21. The van der Waals surface area contributed by atoms with Crippen LogP contribution in [0.15, 0.2) is 24.3 Å². The van der Waals surface area contributed by atoms with Crippen LogP contribution in [0.5, 0.6) is 0 Å². The highest BCUT2D eigenvalue weighted by atomic mass is 15.3. The Labute approximate surface area is 84.5 Å². The van der Waals surface area contributed by atoms with Gasteiger partial charge >= 0.3 is 0 Å². The standard InChI is InChI=1S/C11H15N3/c1-9-4-3-5-10(6-9)7-11(2,8-12)14-13/h3-6,14H,7,13H2,1-2H3. The molecule has 0 saturated heterocycles. The first kappa shape index (κ1) is 10.7. The summed E-state index contributed by atoms with van der Waals surface area (Å²) in [7, 11) is 0. The van der Waals surface area contributed by atoms with Crippen molar-refractivity contribution in [2.75, 3.05) is 0 Å². The molecule has 0 aliphatic carbocycles. The van der Waals surface area contributed by atoms with Crippen molar-refractivity contribution in [1.82, 2.24) is 5.43 Å². The zero-order valence-electron chi connectivity index (χ0n) is 8.54. The molecule has 3 heteroatoms. The van der Waals surface area contributed by atoms with Crippen molar-refractivity contribution in [2.45, 2.75) is 25.8 Å². The van der Waals surface area contributed by atoms with Crippen molar-refractivity contribution in [1.29, 1.82) is 5.26 Å². The lowest BCUT2D eigenvalue weighted by Crippen LogP contribution is -2.47. The number of hydrogen-bond acceptors (Lipinski definition) is 3. The highest BCUT2D eigenvalue weighted by molar-refractivity contribution is 5.25. The first-order chi connectivity index (χ1) is 6.59. The van der Waals surface area contributed by atoms with E-state index in [0.29, 0.717) is 6.42 Å². The second-order valence-corrected chi connectivity index (χ2v) is 3.75. The smallest absolute Gasteiger partial charge is 0.119 e. The molecule has 0 radical (unpaired) electrons. The zero-order chi connectivity index (χ0) is 10.6. The normalized spacial score (nSPS) is 14.4. The van der Waals surface area contributed by atoms with Gasteiger partial charge < -0.3 is 0 Å². The van der Waals surface area contributed by atoms with Crippen LogP contribution < -0.4 is 11.3 Å². The average molecular weight is 189 g/mol. The maximum absolute atomic E-state index is 8.92. The molecule has 0 aliphatic rings. The fourth-order valence-corrected chi connectivity index (χ4v) is 1.35. The Kier molecular flexibility index (Phi) is 3.23. The van der Waals surface area contributed by atoms with E-state index in [9.17, 15) is 0 Å². The van der Waals surface area contributed by atoms with Crippen LogP contribution in [0.3, 0.4) is 0 Å². The average Bonchev–Trinajstić information content (AvgIpc) is 2.18. The number of nitrogens with zero attached hydrogens (tertiary/aromatic N) is 1. The Morgan fingerprint density at radius 3 is 2.79 bits per heavy atom. The fourth-order valence-electron chi connectivity index (χ4n) is 1.35. The molecule has 3 nitrogen and oxygen atoms in total. The van der Waals surface area contributed by atoms with Gasteiger partial charge in [0.1, 0.15) is 5.54 Å². The quantitative estimate of drug-likeness (QED) is 0.556. The van der Waals surface area contributed by atoms with Crippen LogP contribution in [-0.4, -0.2) is 5.54 Å². The van der Waals surface area contributed by atoms with Crippen LogP contribution in [-0.2, 0) is 6.42 Å². The molecule has 1 rings (SSSR count). The summed E-state index contributed by atoms with van der Waals surface area (Å²) in [5, 5.41) is 8.92. The minimum absolute atomic E-state index is 0.613. The second-order valence-electron chi connectivity index (χ2n) is 3.75. The zero-order valence-corrected chi connectivity index (χ0v) is 8.54. The van der Waals surface area contributed by atoms with Gasteiger partial charge in [-0.2, -0.15) is 5.26 Å². The molecule has 1 atom stereocenters. The number of hydrazine groups is 1. The Hall–Kier alpha value is -1.37. The van der Waals surface area contributed by atoms with Crippen molar-refractivity contribution in [3.05, 3.63) is 35.4 Å². The molecule has 0 fully saturated rings. The molecule has 0 amide bonds. The summed E-state index contributed by atoms with van der Waals surface area (Å²) in [4.78, 5) is 0. The summed E-state index contributed by atoms with van der Waals surface area (Å²) in [5.74, 6) is 5.33. The second kappa shape index (κ2) is 4.23. The molecule has 14 heavy (non-hydrogen) atoms. The SMILES string of the molecule is Cc1cccc(CC(C)(C#N)NN)c1. The van der Waals surface area contributed by atoms with E-state index in [1.165, 1.54) is 5.56 Å². The van der Waals surface area contributed by atoms with Crippen LogP contribution in [0, 0.1) is 18.3 Å². The van der Waals surface area contributed by atoms with Gasteiger partial charge in [-0.3, -0.25) is 5.84 Å². The highest BCUT2D eigenvalue weighted by Gasteiger charge is 2.21.